The van der Waals surface area contributed by atoms with Crippen molar-refractivity contribution in [2.24, 2.45) is 0 Å². The number of pyridine rings is 1. The molecule has 0 atom stereocenters. The quantitative estimate of drug-likeness (QED) is 0.791. The van der Waals surface area contributed by atoms with E-state index in [4.69, 9.17) is 0 Å². The maximum absolute atomic E-state index is 11.5. The molecule has 0 aliphatic rings. The van der Waals surface area contributed by atoms with Gasteiger partial charge in [0.2, 0.25) is 0 Å². The van der Waals surface area contributed by atoms with E-state index >= 15 is 0 Å². The maximum Gasteiger partial charge on any atom is 0.180 e. The lowest BCUT2D eigenvalue weighted by Crippen LogP contribution is -2.04. The molecule has 0 saturated heterocycles. The van der Waals surface area contributed by atoms with E-state index in [0.717, 1.165) is 23.5 Å². The van der Waals surface area contributed by atoms with Gasteiger partial charge in [-0.1, -0.05) is 13.8 Å². The van der Waals surface area contributed by atoms with Crippen LogP contribution >= 0.6 is 0 Å². The molecule has 0 saturated carbocycles. The van der Waals surface area contributed by atoms with Gasteiger partial charge in [0.05, 0.1) is 17.6 Å². The summed E-state index contributed by atoms with van der Waals surface area (Å²) in [5, 5.41) is 4.54. The number of carbonyl (C=O) groups excluding carboxylic acids is 1. The predicted octanol–water partition coefficient (Wildman–Crippen LogP) is 3.04. The fraction of sp³-hybridized carbons (Fsp3) is 0.400. The fourth-order valence-corrected chi connectivity index (χ4v) is 2.30. The summed E-state index contributed by atoms with van der Waals surface area (Å²) in [7, 11) is 0. The number of carbonyl (C=O) groups is 1. The van der Waals surface area contributed by atoms with E-state index < -0.39 is 0 Å². The molecule has 0 aliphatic carbocycles. The van der Waals surface area contributed by atoms with Gasteiger partial charge in [0.25, 0.3) is 0 Å². The zero-order valence-corrected chi connectivity index (χ0v) is 11.9. The van der Waals surface area contributed by atoms with Gasteiger partial charge < -0.3 is 0 Å². The maximum atomic E-state index is 11.5. The summed E-state index contributed by atoms with van der Waals surface area (Å²) in [5.41, 5.74) is 4.87. The van der Waals surface area contributed by atoms with Crippen LogP contribution in [0.1, 0.15) is 47.7 Å². The Labute approximate surface area is 113 Å². The first-order chi connectivity index (χ1) is 9.08. The van der Waals surface area contributed by atoms with Crippen LogP contribution in [-0.2, 0) is 6.42 Å². The molecule has 0 aromatic carbocycles. The molecule has 0 spiro atoms. The first-order valence-electron chi connectivity index (χ1n) is 6.63. The molecule has 4 heteroatoms. The van der Waals surface area contributed by atoms with Crippen LogP contribution in [0.3, 0.4) is 0 Å². The summed E-state index contributed by atoms with van der Waals surface area (Å²) in [5.74, 6) is 0.0640. The number of hydrogen-bond acceptors (Lipinski definition) is 3. The SMILES string of the molecule is CCC(=O)c1ccc(-n2nc(C)c(CC)c2C)cn1. The van der Waals surface area contributed by atoms with Crippen LogP contribution in [0.4, 0.5) is 0 Å². The molecule has 2 rings (SSSR count). The average molecular weight is 257 g/mol. The molecule has 0 aliphatic heterocycles. The van der Waals surface area contributed by atoms with Crippen LogP contribution in [0.2, 0.25) is 0 Å². The number of ketones is 1. The largest absolute Gasteiger partial charge is 0.292 e. The minimum absolute atomic E-state index is 0.0640. The number of nitrogens with zero attached hydrogens (tertiary/aromatic N) is 3. The Morgan fingerprint density at radius 1 is 1.26 bits per heavy atom. The van der Waals surface area contributed by atoms with E-state index in [1.807, 2.05) is 24.6 Å². The van der Waals surface area contributed by atoms with Gasteiger partial charge >= 0.3 is 0 Å². The molecule has 2 heterocycles. The third-order valence-electron chi connectivity index (χ3n) is 3.39. The second-order valence-electron chi connectivity index (χ2n) is 4.59. The van der Waals surface area contributed by atoms with Gasteiger partial charge in [-0.25, -0.2) is 4.68 Å². The molecular formula is C15H19N3O. The third-order valence-corrected chi connectivity index (χ3v) is 3.39. The van der Waals surface area contributed by atoms with Gasteiger partial charge in [0.15, 0.2) is 5.78 Å². The van der Waals surface area contributed by atoms with Crippen LogP contribution in [-0.4, -0.2) is 20.5 Å². The molecule has 2 aromatic heterocycles. The summed E-state index contributed by atoms with van der Waals surface area (Å²) < 4.78 is 1.89. The smallest absolute Gasteiger partial charge is 0.180 e. The lowest BCUT2D eigenvalue weighted by molar-refractivity contribution is 0.0983. The molecule has 2 aromatic rings. The molecular weight excluding hydrogens is 238 g/mol. The number of aryl methyl sites for hydroxylation is 1. The monoisotopic (exact) mass is 257 g/mol. The lowest BCUT2D eigenvalue weighted by Gasteiger charge is -2.05. The lowest BCUT2D eigenvalue weighted by atomic mass is 10.1. The Hall–Kier alpha value is -1.97. The van der Waals surface area contributed by atoms with Crippen LogP contribution in [0, 0.1) is 13.8 Å². The zero-order valence-electron chi connectivity index (χ0n) is 11.9. The summed E-state index contributed by atoms with van der Waals surface area (Å²) in [6.07, 6.45) is 3.16. The summed E-state index contributed by atoms with van der Waals surface area (Å²) >= 11 is 0. The Bertz CT molecular complexity index is 597. The molecule has 0 unspecified atom stereocenters. The van der Waals surface area contributed by atoms with Crippen molar-refractivity contribution in [1.29, 1.82) is 0 Å². The average Bonchev–Trinajstić information content (AvgIpc) is 2.72. The van der Waals surface area contributed by atoms with Crippen molar-refractivity contribution in [3.63, 3.8) is 0 Å². The molecule has 0 bridgehead atoms. The number of hydrogen-bond donors (Lipinski definition) is 0. The molecule has 0 amide bonds. The van der Waals surface area contributed by atoms with E-state index in [-0.39, 0.29) is 5.78 Å². The van der Waals surface area contributed by atoms with Crippen molar-refractivity contribution < 1.29 is 4.79 Å². The first-order valence-corrected chi connectivity index (χ1v) is 6.63. The fourth-order valence-electron chi connectivity index (χ4n) is 2.30. The molecule has 0 fully saturated rings. The van der Waals surface area contributed by atoms with Crippen LogP contribution in [0.25, 0.3) is 5.69 Å². The Balaban J connectivity index is 2.40. The van der Waals surface area contributed by atoms with E-state index in [0.29, 0.717) is 12.1 Å². The standard InChI is InChI=1S/C15H19N3O/c1-5-13-10(3)17-18(11(13)4)12-7-8-14(16-9-12)15(19)6-2/h7-9H,5-6H2,1-4H3. The normalized spacial score (nSPS) is 10.7. The molecule has 0 N–H and O–H groups in total. The van der Waals surface area contributed by atoms with Crippen molar-refractivity contribution in [1.82, 2.24) is 14.8 Å². The Kier molecular flexibility index (Phi) is 3.79. The molecule has 100 valence electrons. The minimum atomic E-state index is 0.0640. The summed E-state index contributed by atoms with van der Waals surface area (Å²) in [6.45, 7) is 8.05. The van der Waals surface area contributed by atoms with Crippen molar-refractivity contribution in [3.05, 3.63) is 41.0 Å². The highest BCUT2D eigenvalue weighted by Gasteiger charge is 2.12. The minimum Gasteiger partial charge on any atom is -0.292 e. The van der Waals surface area contributed by atoms with Gasteiger partial charge in [-0.3, -0.25) is 9.78 Å². The van der Waals surface area contributed by atoms with Gasteiger partial charge in [-0.05, 0) is 38.0 Å². The van der Waals surface area contributed by atoms with E-state index in [9.17, 15) is 4.79 Å². The Morgan fingerprint density at radius 2 is 2.00 bits per heavy atom. The summed E-state index contributed by atoms with van der Waals surface area (Å²) in [6, 6.07) is 3.66. The first kappa shape index (κ1) is 13.5. The molecule has 0 radical (unpaired) electrons. The van der Waals surface area contributed by atoms with Crippen LogP contribution < -0.4 is 0 Å². The van der Waals surface area contributed by atoms with Crippen molar-refractivity contribution in [2.75, 3.05) is 0 Å². The second kappa shape index (κ2) is 5.34. The van der Waals surface area contributed by atoms with Crippen LogP contribution in [0.15, 0.2) is 18.3 Å². The number of Topliss-reactive ketones (excluding diaryl/α,β-unsaturated/α-hetero) is 1. The van der Waals surface area contributed by atoms with E-state index in [1.54, 1.807) is 12.3 Å². The zero-order chi connectivity index (χ0) is 14.0. The molecule has 4 nitrogen and oxygen atoms in total. The van der Waals surface area contributed by atoms with Gasteiger partial charge in [0.1, 0.15) is 5.69 Å². The van der Waals surface area contributed by atoms with Crippen LogP contribution in [0.5, 0.6) is 0 Å². The third kappa shape index (κ3) is 2.43. The van der Waals surface area contributed by atoms with Crippen molar-refractivity contribution in [2.45, 2.75) is 40.5 Å². The highest BCUT2D eigenvalue weighted by molar-refractivity contribution is 5.93. The number of aromatic nitrogens is 3. The Morgan fingerprint density at radius 3 is 2.47 bits per heavy atom. The molecule has 19 heavy (non-hydrogen) atoms. The van der Waals surface area contributed by atoms with Gasteiger partial charge in [-0.2, -0.15) is 5.10 Å². The topological polar surface area (TPSA) is 47.8 Å². The van der Waals surface area contributed by atoms with E-state index in [1.165, 1.54) is 5.56 Å². The van der Waals surface area contributed by atoms with Gasteiger partial charge in [-0.15, -0.1) is 0 Å². The van der Waals surface area contributed by atoms with Crippen molar-refractivity contribution >= 4 is 5.78 Å². The second-order valence-corrected chi connectivity index (χ2v) is 4.59. The van der Waals surface area contributed by atoms with E-state index in [2.05, 4.69) is 23.9 Å². The van der Waals surface area contributed by atoms with Gasteiger partial charge in [0, 0.05) is 12.1 Å². The number of rotatable bonds is 4. The highest BCUT2D eigenvalue weighted by Crippen LogP contribution is 2.18. The predicted molar refractivity (Wildman–Crippen MR) is 74.8 cm³/mol. The van der Waals surface area contributed by atoms with Crippen molar-refractivity contribution in [3.8, 4) is 5.69 Å². The highest BCUT2D eigenvalue weighted by atomic mass is 16.1. The summed E-state index contributed by atoms with van der Waals surface area (Å²) in [4.78, 5) is 15.8.